The molecule has 7 heteroatoms. The van der Waals surface area contributed by atoms with Crippen LogP contribution in [-0.2, 0) is 20.7 Å². The van der Waals surface area contributed by atoms with E-state index in [0.717, 1.165) is 22.3 Å². The Bertz CT molecular complexity index is 1390. The molecule has 1 fully saturated rings. The summed E-state index contributed by atoms with van der Waals surface area (Å²) in [6, 6.07) is 14.6. The standard InChI is InChI=1S/C32H32FNO5/c1-4-5-22(16-30(35)36-3)21-6-9-24(10-7-21)39-28-14-12-26-25(11-13-27(33)31(26)28)23-8-15-29(34-17-23)38-20-32(2)18-37-19-32/h6-11,13,15,17,22,28H,12,14,16,18-20H2,1-3H3/t22?,28-/m1/s1. The van der Waals surface area contributed by atoms with Crippen LogP contribution in [-0.4, -0.2) is 37.9 Å². The molecule has 5 rings (SSSR count). The smallest absolute Gasteiger partial charge is 0.307 e. The second kappa shape index (κ2) is 11.5. The minimum Gasteiger partial charge on any atom is -0.486 e. The molecule has 1 saturated heterocycles. The Morgan fingerprint density at radius 3 is 2.62 bits per heavy atom. The highest BCUT2D eigenvalue weighted by molar-refractivity contribution is 5.71. The van der Waals surface area contributed by atoms with E-state index >= 15 is 4.39 Å². The van der Waals surface area contributed by atoms with Gasteiger partial charge in [-0.15, -0.1) is 5.92 Å². The highest BCUT2D eigenvalue weighted by Crippen LogP contribution is 2.42. The number of methoxy groups -OCH3 is 1. The van der Waals surface area contributed by atoms with Crippen molar-refractivity contribution in [3.05, 3.63) is 77.2 Å². The van der Waals surface area contributed by atoms with E-state index in [-0.39, 0.29) is 29.5 Å². The Morgan fingerprint density at radius 1 is 1.18 bits per heavy atom. The molecule has 202 valence electrons. The van der Waals surface area contributed by atoms with Crippen molar-refractivity contribution in [2.24, 2.45) is 5.41 Å². The first-order chi connectivity index (χ1) is 18.9. The number of hydrogen-bond donors (Lipinski definition) is 0. The molecule has 2 heterocycles. The quantitative estimate of drug-likeness (QED) is 0.249. The van der Waals surface area contributed by atoms with Crippen LogP contribution in [0.5, 0.6) is 11.6 Å². The van der Waals surface area contributed by atoms with Gasteiger partial charge in [-0.2, -0.15) is 0 Å². The van der Waals surface area contributed by atoms with Crippen molar-refractivity contribution < 1.29 is 28.1 Å². The van der Waals surface area contributed by atoms with Gasteiger partial charge in [0.1, 0.15) is 17.7 Å². The molecule has 0 bridgehead atoms. The monoisotopic (exact) mass is 529 g/mol. The molecule has 1 unspecified atom stereocenters. The van der Waals surface area contributed by atoms with Gasteiger partial charge in [-0.3, -0.25) is 4.79 Å². The molecule has 0 amide bonds. The summed E-state index contributed by atoms with van der Waals surface area (Å²) < 4.78 is 37.3. The molecule has 6 nitrogen and oxygen atoms in total. The second-order valence-corrected chi connectivity index (χ2v) is 10.4. The van der Waals surface area contributed by atoms with Crippen molar-refractivity contribution >= 4 is 5.97 Å². The fraction of sp³-hybridized carbons (Fsp3) is 0.375. The number of carbonyl (C=O) groups excluding carboxylic acids is 1. The number of benzene rings is 2. The first-order valence-electron chi connectivity index (χ1n) is 13.1. The number of nitrogens with zero attached hydrogens (tertiary/aromatic N) is 1. The van der Waals surface area contributed by atoms with Gasteiger partial charge in [-0.25, -0.2) is 9.37 Å². The predicted octanol–water partition coefficient (Wildman–Crippen LogP) is 6.04. The van der Waals surface area contributed by atoms with Gasteiger partial charge in [0.05, 0.1) is 39.3 Å². The minimum atomic E-state index is -0.395. The van der Waals surface area contributed by atoms with Crippen LogP contribution < -0.4 is 9.47 Å². The third-order valence-corrected chi connectivity index (χ3v) is 7.28. The number of fused-ring (bicyclic) bond motifs is 1. The topological polar surface area (TPSA) is 66.9 Å². The summed E-state index contributed by atoms with van der Waals surface area (Å²) in [6.07, 6.45) is 2.94. The number of halogens is 1. The molecule has 2 aliphatic rings. The van der Waals surface area contributed by atoms with Gasteiger partial charge >= 0.3 is 5.97 Å². The molecule has 0 radical (unpaired) electrons. The lowest BCUT2D eigenvalue weighted by Crippen LogP contribution is -2.44. The summed E-state index contributed by atoms with van der Waals surface area (Å²) in [5.74, 6) is 6.30. The molecule has 3 aromatic rings. The van der Waals surface area contributed by atoms with Crippen molar-refractivity contribution in [2.45, 2.75) is 45.1 Å². The maximum atomic E-state index is 15.1. The van der Waals surface area contributed by atoms with Gasteiger partial charge in [0.15, 0.2) is 0 Å². The summed E-state index contributed by atoms with van der Waals surface area (Å²) in [7, 11) is 1.37. The normalized spacial score (nSPS) is 17.7. The van der Waals surface area contributed by atoms with Crippen LogP contribution in [0.15, 0.2) is 54.7 Å². The molecule has 39 heavy (non-hydrogen) atoms. The highest BCUT2D eigenvalue weighted by Gasteiger charge is 2.34. The molecule has 0 spiro atoms. The van der Waals surface area contributed by atoms with E-state index < -0.39 is 6.10 Å². The van der Waals surface area contributed by atoms with Crippen molar-refractivity contribution in [1.29, 1.82) is 0 Å². The van der Waals surface area contributed by atoms with E-state index in [1.165, 1.54) is 13.2 Å². The Kier molecular flexibility index (Phi) is 7.85. The van der Waals surface area contributed by atoms with Crippen LogP contribution in [0.3, 0.4) is 0 Å². The zero-order valence-corrected chi connectivity index (χ0v) is 22.5. The lowest BCUT2D eigenvalue weighted by atomic mass is 9.90. The second-order valence-electron chi connectivity index (χ2n) is 10.4. The SMILES string of the molecule is CC#CC(CC(=O)OC)c1ccc(O[C@@H]2CCc3c(-c4ccc(OCC5(C)COC5)nc4)ccc(F)c32)cc1. The Labute approximate surface area is 228 Å². The van der Waals surface area contributed by atoms with Gasteiger partial charge in [0.2, 0.25) is 5.88 Å². The molecular weight excluding hydrogens is 497 g/mol. The average Bonchev–Trinajstić information content (AvgIpc) is 3.36. The minimum absolute atomic E-state index is 0.0435. The van der Waals surface area contributed by atoms with E-state index in [0.29, 0.717) is 49.9 Å². The van der Waals surface area contributed by atoms with Crippen LogP contribution in [0.2, 0.25) is 0 Å². The van der Waals surface area contributed by atoms with E-state index in [1.54, 1.807) is 13.1 Å². The molecule has 1 aromatic heterocycles. The Balaban J connectivity index is 1.30. The third-order valence-electron chi connectivity index (χ3n) is 7.28. The predicted molar refractivity (Wildman–Crippen MR) is 145 cm³/mol. The molecule has 1 aliphatic heterocycles. The fourth-order valence-electron chi connectivity index (χ4n) is 5.09. The van der Waals surface area contributed by atoms with E-state index in [9.17, 15) is 4.79 Å². The van der Waals surface area contributed by atoms with Gasteiger partial charge in [-0.1, -0.05) is 31.0 Å². The van der Waals surface area contributed by atoms with Crippen LogP contribution in [0.25, 0.3) is 11.1 Å². The van der Waals surface area contributed by atoms with Gasteiger partial charge in [0.25, 0.3) is 0 Å². The van der Waals surface area contributed by atoms with Crippen LogP contribution >= 0.6 is 0 Å². The van der Waals surface area contributed by atoms with Crippen LogP contribution in [0.4, 0.5) is 4.39 Å². The number of esters is 1. The van der Waals surface area contributed by atoms with Crippen LogP contribution in [0.1, 0.15) is 55.4 Å². The fourth-order valence-corrected chi connectivity index (χ4v) is 5.09. The molecule has 2 atom stereocenters. The summed E-state index contributed by atoms with van der Waals surface area (Å²) in [5, 5.41) is 0. The van der Waals surface area contributed by atoms with Crippen LogP contribution in [0, 0.1) is 23.1 Å². The zero-order chi connectivity index (χ0) is 27.4. The summed E-state index contributed by atoms with van der Waals surface area (Å²) in [4.78, 5) is 16.3. The molecule has 2 aromatic carbocycles. The van der Waals surface area contributed by atoms with Crippen molar-refractivity contribution in [2.75, 3.05) is 26.9 Å². The highest BCUT2D eigenvalue weighted by atomic mass is 19.1. The maximum Gasteiger partial charge on any atom is 0.307 e. The maximum absolute atomic E-state index is 15.1. The number of rotatable bonds is 9. The van der Waals surface area contributed by atoms with Crippen molar-refractivity contribution in [3.8, 4) is 34.6 Å². The van der Waals surface area contributed by atoms with E-state index in [1.807, 2.05) is 42.5 Å². The average molecular weight is 530 g/mol. The number of ether oxygens (including phenoxy) is 4. The third kappa shape index (κ3) is 5.91. The van der Waals surface area contributed by atoms with E-state index in [4.69, 9.17) is 18.9 Å². The van der Waals surface area contributed by atoms with Gasteiger partial charge in [0, 0.05) is 28.8 Å². The number of pyridine rings is 1. The Hall–Kier alpha value is -3.89. The van der Waals surface area contributed by atoms with Crippen molar-refractivity contribution in [3.63, 3.8) is 0 Å². The molecule has 1 aliphatic carbocycles. The summed E-state index contributed by atoms with van der Waals surface area (Å²) in [6.45, 7) is 5.83. The summed E-state index contributed by atoms with van der Waals surface area (Å²) >= 11 is 0. The first kappa shape index (κ1) is 26.7. The van der Waals surface area contributed by atoms with Gasteiger partial charge in [-0.05, 0) is 60.7 Å². The molecule has 0 saturated carbocycles. The van der Waals surface area contributed by atoms with Gasteiger partial charge < -0.3 is 18.9 Å². The number of carbonyl (C=O) groups is 1. The lowest BCUT2D eigenvalue weighted by Gasteiger charge is -2.37. The lowest BCUT2D eigenvalue weighted by molar-refractivity contribution is -0.140. The van der Waals surface area contributed by atoms with E-state index in [2.05, 4.69) is 23.7 Å². The number of hydrogen-bond acceptors (Lipinski definition) is 6. The number of aromatic nitrogens is 1. The van der Waals surface area contributed by atoms with Crippen molar-refractivity contribution in [1.82, 2.24) is 4.98 Å². The largest absolute Gasteiger partial charge is 0.486 e. The zero-order valence-electron chi connectivity index (χ0n) is 22.5. The molecule has 0 N–H and O–H groups in total. The summed E-state index contributed by atoms with van der Waals surface area (Å²) in [5.41, 5.74) is 4.35. The Morgan fingerprint density at radius 2 is 1.97 bits per heavy atom. The first-order valence-corrected chi connectivity index (χ1v) is 13.1. The molecular formula is C32H32FNO5.